The van der Waals surface area contributed by atoms with E-state index in [0.717, 1.165) is 5.56 Å². The molecule has 21 heavy (non-hydrogen) atoms. The lowest BCUT2D eigenvalue weighted by atomic mass is 10.0. The van der Waals surface area contributed by atoms with Gasteiger partial charge in [-0.25, -0.2) is 4.79 Å². The number of nitrogens with zero attached hydrogens (tertiary/aromatic N) is 2. The van der Waals surface area contributed by atoms with E-state index in [2.05, 4.69) is 4.90 Å². The van der Waals surface area contributed by atoms with Crippen LogP contribution in [0.1, 0.15) is 5.56 Å². The Morgan fingerprint density at radius 1 is 1.14 bits per heavy atom. The van der Waals surface area contributed by atoms with Gasteiger partial charge in [-0.2, -0.15) is 0 Å². The molecule has 2 aliphatic heterocycles. The zero-order valence-corrected chi connectivity index (χ0v) is 11.6. The van der Waals surface area contributed by atoms with Gasteiger partial charge in [-0.3, -0.25) is 9.69 Å². The number of benzene rings is 1. The Kier molecular flexibility index (Phi) is 3.90. The highest BCUT2D eigenvalue weighted by atomic mass is 16.5. The second-order valence-corrected chi connectivity index (χ2v) is 5.53. The molecule has 0 bridgehead atoms. The van der Waals surface area contributed by atoms with E-state index in [1.807, 2.05) is 30.3 Å². The number of esters is 1. The van der Waals surface area contributed by atoms with Gasteiger partial charge in [0.15, 0.2) is 0 Å². The Morgan fingerprint density at radius 3 is 2.43 bits per heavy atom. The molecule has 112 valence electrons. The Balaban J connectivity index is 1.41. The number of amides is 1. The number of aliphatic hydroxyl groups is 1. The summed E-state index contributed by atoms with van der Waals surface area (Å²) >= 11 is 0. The quantitative estimate of drug-likeness (QED) is 0.607. The van der Waals surface area contributed by atoms with Crippen molar-refractivity contribution in [2.24, 2.45) is 0 Å². The van der Waals surface area contributed by atoms with Gasteiger partial charge in [0.1, 0.15) is 6.61 Å². The minimum Gasteiger partial charge on any atom is -0.454 e. The van der Waals surface area contributed by atoms with Crippen LogP contribution in [0.3, 0.4) is 0 Å². The highest BCUT2D eigenvalue weighted by molar-refractivity contribution is 6.32. The fourth-order valence-corrected chi connectivity index (χ4v) is 2.55. The maximum atomic E-state index is 11.9. The molecule has 2 saturated heterocycles. The number of β-amino-alcohol motifs (C(OH)–C–C–N with tert-alkyl or cyclic N) is 1. The molecule has 2 heterocycles. The topological polar surface area (TPSA) is 70.1 Å². The number of rotatable bonds is 3. The Morgan fingerprint density at radius 2 is 1.81 bits per heavy atom. The Labute approximate surface area is 122 Å². The first-order chi connectivity index (χ1) is 10.1. The molecule has 2 fully saturated rings. The molecule has 1 amide bonds. The molecule has 1 N–H and O–H groups in total. The van der Waals surface area contributed by atoms with E-state index in [9.17, 15) is 14.7 Å². The number of hydrogen-bond donors (Lipinski definition) is 1. The minimum absolute atomic E-state index is 0.112. The molecular formula is C15H18N2O4. The van der Waals surface area contributed by atoms with Crippen LogP contribution >= 0.6 is 0 Å². The second kappa shape index (κ2) is 5.83. The van der Waals surface area contributed by atoms with Crippen LogP contribution in [0.2, 0.25) is 0 Å². The van der Waals surface area contributed by atoms with Crippen LogP contribution in [0.25, 0.3) is 0 Å². The van der Waals surface area contributed by atoms with Gasteiger partial charge in [0.25, 0.3) is 0 Å². The summed E-state index contributed by atoms with van der Waals surface area (Å²) in [5.41, 5.74) is 0.856. The summed E-state index contributed by atoms with van der Waals surface area (Å²) in [6.45, 7) is 2.50. The van der Waals surface area contributed by atoms with E-state index in [1.165, 1.54) is 4.90 Å². The molecule has 0 spiro atoms. The van der Waals surface area contributed by atoms with Crippen LogP contribution < -0.4 is 0 Å². The maximum Gasteiger partial charge on any atom is 0.397 e. The number of carbonyl (C=O) groups excluding carboxylic acids is 2. The number of likely N-dealkylation sites (tertiary alicyclic amines) is 2. The minimum atomic E-state index is -0.805. The van der Waals surface area contributed by atoms with Gasteiger partial charge in [-0.05, 0) is 5.56 Å². The van der Waals surface area contributed by atoms with Crippen LogP contribution in [0.15, 0.2) is 30.3 Å². The number of carbonyl (C=O) groups is 2. The molecule has 6 nitrogen and oxygen atoms in total. The first-order valence-electron chi connectivity index (χ1n) is 7.05. The van der Waals surface area contributed by atoms with Crippen molar-refractivity contribution in [2.75, 3.05) is 26.2 Å². The Bertz CT molecular complexity index is 522. The molecule has 0 atom stereocenters. The van der Waals surface area contributed by atoms with Crippen LogP contribution in [-0.2, 0) is 20.9 Å². The number of aliphatic hydroxyl groups excluding tert-OH is 1. The van der Waals surface area contributed by atoms with Gasteiger partial charge in [-0.15, -0.1) is 0 Å². The second-order valence-electron chi connectivity index (χ2n) is 5.53. The highest BCUT2D eigenvalue weighted by Crippen LogP contribution is 2.21. The van der Waals surface area contributed by atoms with Gasteiger partial charge in [0.05, 0.1) is 6.10 Å². The molecule has 0 unspecified atom stereocenters. The van der Waals surface area contributed by atoms with Crippen LogP contribution in [0.4, 0.5) is 0 Å². The molecule has 1 aromatic carbocycles. The Hall–Kier alpha value is -1.92. The smallest absolute Gasteiger partial charge is 0.397 e. The lowest BCUT2D eigenvalue weighted by Crippen LogP contribution is -2.68. The first kappa shape index (κ1) is 14.0. The van der Waals surface area contributed by atoms with Crippen LogP contribution in [0.5, 0.6) is 0 Å². The first-order valence-corrected chi connectivity index (χ1v) is 7.05. The van der Waals surface area contributed by atoms with Crippen molar-refractivity contribution in [3.63, 3.8) is 0 Å². The standard InChI is InChI=1S/C15H18N2O4/c18-13-8-16(9-13)12-6-17(7-12)14(19)15(20)21-10-11-4-2-1-3-5-11/h1-5,12-13,18H,6-10H2. The third kappa shape index (κ3) is 3.06. The number of hydrogen-bond acceptors (Lipinski definition) is 5. The largest absolute Gasteiger partial charge is 0.454 e. The van der Waals surface area contributed by atoms with Crippen molar-refractivity contribution in [1.29, 1.82) is 0 Å². The molecule has 0 aliphatic carbocycles. The SMILES string of the molecule is O=C(OCc1ccccc1)C(=O)N1CC(N2CC(O)C2)C1. The zero-order chi connectivity index (χ0) is 14.8. The van der Waals surface area contributed by atoms with Crippen molar-refractivity contribution < 1.29 is 19.4 Å². The van der Waals surface area contributed by atoms with Crippen molar-refractivity contribution in [3.05, 3.63) is 35.9 Å². The normalized spacial score (nSPS) is 19.8. The highest BCUT2D eigenvalue weighted by Gasteiger charge is 2.41. The van der Waals surface area contributed by atoms with Gasteiger partial charge in [0.2, 0.25) is 0 Å². The van der Waals surface area contributed by atoms with E-state index in [0.29, 0.717) is 26.2 Å². The predicted molar refractivity (Wildman–Crippen MR) is 74.2 cm³/mol. The molecule has 0 radical (unpaired) electrons. The average molecular weight is 290 g/mol. The molecule has 6 heteroatoms. The van der Waals surface area contributed by atoms with Crippen LogP contribution in [-0.4, -0.2) is 65.1 Å². The van der Waals surface area contributed by atoms with Crippen molar-refractivity contribution in [2.45, 2.75) is 18.8 Å². The molecular weight excluding hydrogens is 272 g/mol. The predicted octanol–water partition coefficient (Wildman–Crippen LogP) is -0.383. The summed E-state index contributed by atoms with van der Waals surface area (Å²) in [5.74, 6) is -1.38. The lowest BCUT2D eigenvalue weighted by Gasteiger charge is -2.50. The van der Waals surface area contributed by atoms with E-state index >= 15 is 0 Å². The summed E-state index contributed by atoms with van der Waals surface area (Å²) in [4.78, 5) is 27.2. The van der Waals surface area contributed by atoms with E-state index in [1.54, 1.807) is 0 Å². The van der Waals surface area contributed by atoms with Gasteiger partial charge < -0.3 is 14.7 Å². The van der Waals surface area contributed by atoms with E-state index in [-0.39, 0.29) is 18.8 Å². The van der Waals surface area contributed by atoms with Crippen molar-refractivity contribution >= 4 is 11.9 Å². The third-order valence-corrected chi connectivity index (χ3v) is 3.94. The van der Waals surface area contributed by atoms with E-state index in [4.69, 9.17) is 4.74 Å². The summed E-state index contributed by atoms with van der Waals surface area (Å²) in [5, 5.41) is 9.23. The zero-order valence-electron chi connectivity index (χ0n) is 11.6. The third-order valence-electron chi connectivity index (χ3n) is 3.94. The average Bonchev–Trinajstić information content (AvgIpc) is 2.42. The van der Waals surface area contributed by atoms with Gasteiger partial charge in [0, 0.05) is 32.2 Å². The summed E-state index contributed by atoms with van der Waals surface area (Å²) < 4.78 is 5.02. The summed E-state index contributed by atoms with van der Waals surface area (Å²) in [6.07, 6.45) is -0.245. The maximum absolute atomic E-state index is 11.9. The van der Waals surface area contributed by atoms with Gasteiger partial charge in [-0.1, -0.05) is 30.3 Å². The summed E-state index contributed by atoms with van der Waals surface area (Å²) in [7, 11) is 0. The monoisotopic (exact) mass is 290 g/mol. The lowest BCUT2D eigenvalue weighted by molar-refractivity contribution is -0.166. The summed E-state index contributed by atoms with van der Waals surface area (Å²) in [6, 6.07) is 9.53. The molecule has 1 aromatic rings. The molecule has 2 aliphatic rings. The molecule has 3 rings (SSSR count). The molecule has 0 aromatic heterocycles. The van der Waals surface area contributed by atoms with Gasteiger partial charge >= 0.3 is 11.9 Å². The molecule has 0 saturated carbocycles. The number of ether oxygens (including phenoxy) is 1. The van der Waals surface area contributed by atoms with Crippen LogP contribution in [0, 0.1) is 0 Å². The van der Waals surface area contributed by atoms with E-state index < -0.39 is 11.9 Å². The fourth-order valence-electron chi connectivity index (χ4n) is 2.55. The van der Waals surface area contributed by atoms with Crippen molar-refractivity contribution in [1.82, 2.24) is 9.80 Å². The fraction of sp³-hybridized carbons (Fsp3) is 0.467. The van der Waals surface area contributed by atoms with Crippen molar-refractivity contribution in [3.8, 4) is 0 Å².